The second-order valence-corrected chi connectivity index (χ2v) is 5.17. The van der Waals surface area contributed by atoms with Gasteiger partial charge in [0.05, 0.1) is 0 Å². The van der Waals surface area contributed by atoms with E-state index in [1.165, 1.54) is 0 Å². The highest BCUT2D eigenvalue weighted by molar-refractivity contribution is 5.76. The highest BCUT2D eigenvalue weighted by atomic mass is 16.3. The molecule has 96 valence electrons. The van der Waals surface area contributed by atoms with Crippen LogP contribution in [0.25, 0.3) is 0 Å². The van der Waals surface area contributed by atoms with Crippen molar-refractivity contribution in [2.75, 3.05) is 13.2 Å². The fourth-order valence-corrected chi connectivity index (χ4v) is 2.45. The van der Waals surface area contributed by atoms with Crippen LogP contribution in [0, 0.1) is 0 Å². The predicted molar refractivity (Wildman–Crippen MR) is 63.5 cm³/mol. The summed E-state index contributed by atoms with van der Waals surface area (Å²) in [6.07, 6.45) is 5.21. The Hall–Kier alpha value is -0.970. The van der Waals surface area contributed by atoms with E-state index in [9.17, 15) is 4.79 Å². The van der Waals surface area contributed by atoms with E-state index >= 15 is 0 Å². The SMILES string of the molecule is CC1(CCC(=O)N2CCCCC2CCO)N=N1. The van der Waals surface area contributed by atoms with Crippen molar-refractivity contribution in [2.24, 2.45) is 10.2 Å². The van der Waals surface area contributed by atoms with E-state index in [1.54, 1.807) is 0 Å². The molecule has 2 aliphatic rings. The minimum absolute atomic E-state index is 0.164. The predicted octanol–water partition coefficient (Wildman–Crippen LogP) is 1.71. The van der Waals surface area contributed by atoms with Crippen LogP contribution in [0.2, 0.25) is 0 Å². The molecule has 5 heteroatoms. The monoisotopic (exact) mass is 239 g/mol. The van der Waals surface area contributed by atoms with Crippen molar-refractivity contribution < 1.29 is 9.90 Å². The average molecular weight is 239 g/mol. The van der Waals surface area contributed by atoms with Gasteiger partial charge in [0.25, 0.3) is 0 Å². The number of amides is 1. The van der Waals surface area contributed by atoms with Crippen molar-refractivity contribution >= 4 is 5.91 Å². The number of aliphatic hydroxyl groups excluding tert-OH is 1. The van der Waals surface area contributed by atoms with Gasteiger partial charge in [0, 0.05) is 32.0 Å². The zero-order valence-electron chi connectivity index (χ0n) is 10.4. The maximum Gasteiger partial charge on any atom is 0.222 e. The number of likely N-dealkylation sites (tertiary alicyclic amines) is 1. The van der Waals surface area contributed by atoms with Gasteiger partial charge in [-0.3, -0.25) is 4.79 Å². The molecule has 0 radical (unpaired) electrons. The topological polar surface area (TPSA) is 65.3 Å². The summed E-state index contributed by atoms with van der Waals surface area (Å²) in [7, 11) is 0. The summed E-state index contributed by atoms with van der Waals surface area (Å²) in [6, 6.07) is 0.238. The van der Waals surface area contributed by atoms with Crippen LogP contribution >= 0.6 is 0 Å². The molecule has 0 aromatic heterocycles. The van der Waals surface area contributed by atoms with Crippen LogP contribution in [0.1, 0.15) is 45.4 Å². The standard InChI is InChI=1S/C12H21N3O2/c1-12(13-14-12)7-5-11(17)15-8-3-2-4-10(15)6-9-16/h10,16H,2-9H2,1H3. The van der Waals surface area contributed by atoms with Crippen molar-refractivity contribution in [1.82, 2.24) is 4.90 Å². The Balaban J connectivity index is 1.82. The third kappa shape index (κ3) is 3.25. The lowest BCUT2D eigenvalue weighted by Gasteiger charge is -2.35. The highest BCUT2D eigenvalue weighted by Gasteiger charge is 2.35. The average Bonchev–Trinajstić information content (AvgIpc) is 3.06. The number of aliphatic hydroxyl groups is 1. The van der Waals surface area contributed by atoms with E-state index in [4.69, 9.17) is 5.11 Å². The summed E-state index contributed by atoms with van der Waals surface area (Å²) in [6.45, 7) is 2.95. The first-order valence-electron chi connectivity index (χ1n) is 6.49. The fraction of sp³-hybridized carbons (Fsp3) is 0.917. The summed E-state index contributed by atoms with van der Waals surface area (Å²) in [5, 5.41) is 16.9. The highest BCUT2D eigenvalue weighted by Crippen LogP contribution is 2.32. The zero-order valence-corrected chi connectivity index (χ0v) is 10.4. The molecule has 0 aromatic carbocycles. The van der Waals surface area contributed by atoms with Crippen LogP contribution in [0.4, 0.5) is 0 Å². The number of hydrogen-bond donors (Lipinski definition) is 1. The summed E-state index contributed by atoms with van der Waals surface area (Å²) < 4.78 is 0. The number of hydrogen-bond acceptors (Lipinski definition) is 4. The quantitative estimate of drug-likeness (QED) is 0.793. The number of piperidine rings is 1. The van der Waals surface area contributed by atoms with Crippen LogP contribution in [-0.2, 0) is 4.79 Å². The van der Waals surface area contributed by atoms with E-state index < -0.39 is 0 Å². The molecule has 0 spiro atoms. The molecule has 0 aromatic rings. The van der Waals surface area contributed by atoms with E-state index in [0.717, 1.165) is 25.8 Å². The van der Waals surface area contributed by atoms with E-state index in [2.05, 4.69) is 10.2 Å². The Morgan fingerprint density at radius 1 is 1.47 bits per heavy atom. The van der Waals surface area contributed by atoms with Crippen molar-refractivity contribution in [3.63, 3.8) is 0 Å². The van der Waals surface area contributed by atoms with Crippen LogP contribution < -0.4 is 0 Å². The van der Waals surface area contributed by atoms with Gasteiger partial charge in [-0.05, 0) is 32.6 Å². The Labute approximate surface area is 102 Å². The first-order valence-corrected chi connectivity index (χ1v) is 6.49. The molecule has 1 saturated heterocycles. The number of carbonyl (C=O) groups is 1. The molecule has 1 N–H and O–H groups in total. The fourth-order valence-electron chi connectivity index (χ4n) is 2.45. The van der Waals surface area contributed by atoms with Crippen molar-refractivity contribution in [2.45, 2.75) is 57.2 Å². The lowest BCUT2D eigenvalue weighted by atomic mass is 9.98. The molecule has 0 aliphatic carbocycles. The lowest BCUT2D eigenvalue weighted by Crippen LogP contribution is -2.44. The van der Waals surface area contributed by atoms with Gasteiger partial charge in [-0.15, -0.1) is 0 Å². The Morgan fingerprint density at radius 3 is 2.88 bits per heavy atom. The molecule has 2 heterocycles. The molecule has 2 rings (SSSR count). The molecule has 0 saturated carbocycles. The molecule has 17 heavy (non-hydrogen) atoms. The van der Waals surface area contributed by atoms with Crippen LogP contribution in [-0.4, -0.2) is 40.8 Å². The molecular formula is C12H21N3O2. The third-order valence-corrected chi connectivity index (χ3v) is 3.66. The van der Waals surface area contributed by atoms with Crippen LogP contribution in [0.5, 0.6) is 0 Å². The lowest BCUT2D eigenvalue weighted by molar-refractivity contribution is -0.135. The van der Waals surface area contributed by atoms with Gasteiger partial charge in [0.15, 0.2) is 5.66 Å². The first kappa shape index (κ1) is 12.5. The van der Waals surface area contributed by atoms with E-state index in [0.29, 0.717) is 19.3 Å². The summed E-state index contributed by atoms with van der Waals surface area (Å²) in [5.74, 6) is 0.196. The number of rotatable bonds is 5. The largest absolute Gasteiger partial charge is 0.396 e. The molecular weight excluding hydrogens is 218 g/mol. The first-order chi connectivity index (χ1) is 8.14. The molecule has 1 unspecified atom stereocenters. The molecule has 0 bridgehead atoms. The normalized spacial score (nSPS) is 26.0. The number of nitrogens with zero attached hydrogens (tertiary/aromatic N) is 3. The van der Waals surface area contributed by atoms with Gasteiger partial charge in [-0.1, -0.05) is 0 Å². The van der Waals surface area contributed by atoms with Gasteiger partial charge in [-0.25, -0.2) is 0 Å². The zero-order chi connectivity index (χ0) is 12.3. The molecule has 1 fully saturated rings. The van der Waals surface area contributed by atoms with E-state index in [-0.39, 0.29) is 24.2 Å². The smallest absolute Gasteiger partial charge is 0.222 e. The van der Waals surface area contributed by atoms with Gasteiger partial charge in [0.2, 0.25) is 5.91 Å². The van der Waals surface area contributed by atoms with Crippen LogP contribution in [0.15, 0.2) is 10.2 Å². The molecule has 2 aliphatic heterocycles. The maximum atomic E-state index is 12.1. The van der Waals surface area contributed by atoms with Gasteiger partial charge in [0.1, 0.15) is 0 Å². The number of carbonyl (C=O) groups excluding carboxylic acids is 1. The molecule has 1 amide bonds. The molecule has 1 atom stereocenters. The summed E-state index contributed by atoms with van der Waals surface area (Å²) >= 11 is 0. The Bertz CT molecular complexity index is 309. The second-order valence-electron chi connectivity index (χ2n) is 5.17. The Morgan fingerprint density at radius 2 is 2.24 bits per heavy atom. The minimum atomic E-state index is -0.280. The van der Waals surface area contributed by atoms with Crippen molar-refractivity contribution in [3.8, 4) is 0 Å². The summed E-state index contributed by atoms with van der Waals surface area (Å²) in [5.41, 5.74) is -0.280. The maximum absolute atomic E-state index is 12.1. The molecule has 5 nitrogen and oxygen atoms in total. The van der Waals surface area contributed by atoms with Crippen molar-refractivity contribution in [1.29, 1.82) is 0 Å². The van der Waals surface area contributed by atoms with Gasteiger partial charge < -0.3 is 10.0 Å². The summed E-state index contributed by atoms with van der Waals surface area (Å²) in [4.78, 5) is 14.1. The van der Waals surface area contributed by atoms with E-state index in [1.807, 2.05) is 11.8 Å². The second kappa shape index (κ2) is 5.12. The Kier molecular flexibility index (Phi) is 3.76. The minimum Gasteiger partial charge on any atom is -0.396 e. The van der Waals surface area contributed by atoms with Gasteiger partial charge >= 0.3 is 0 Å². The van der Waals surface area contributed by atoms with Crippen LogP contribution in [0.3, 0.4) is 0 Å². The van der Waals surface area contributed by atoms with Gasteiger partial charge in [-0.2, -0.15) is 10.2 Å². The third-order valence-electron chi connectivity index (χ3n) is 3.66. The van der Waals surface area contributed by atoms with Crippen molar-refractivity contribution in [3.05, 3.63) is 0 Å².